The monoisotopic (exact) mass is 347 g/mol. The fraction of sp³-hybridized carbons (Fsp3) is 0.471. The van der Waals surface area contributed by atoms with Gasteiger partial charge in [-0.05, 0) is 24.1 Å². The summed E-state index contributed by atoms with van der Waals surface area (Å²) in [6.07, 6.45) is 0.837. The van der Waals surface area contributed by atoms with Crippen molar-refractivity contribution >= 4 is 17.8 Å². The number of likely N-dealkylation sites (tertiary alicyclic amines) is 1. The summed E-state index contributed by atoms with van der Waals surface area (Å²) in [7, 11) is 3.11. The maximum Gasteiger partial charge on any atom is 0.324 e. The molecule has 1 aromatic rings. The van der Waals surface area contributed by atoms with Crippen LogP contribution in [-0.4, -0.2) is 67.5 Å². The maximum atomic E-state index is 12.5. The minimum Gasteiger partial charge on any atom is -0.493 e. The van der Waals surface area contributed by atoms with Gasteiger partial charge in [0.1, 0.15) is 0 Å². The van der Waals surface area contributed by atoms with E-state index in [2.05, 4.69) is 5.32 Å². The van der Waals surface area contributed by atoms with Gasteiger partial charge in [-0.25, -0.2) is 4.79 Å². The van der Waals surface area contributed by atoms with Crippen LogP contribution in [0.4, 0.5) is 4.79 Å². The molecule has 1 atom stereocenters. The van der Waals surface area contributed by atoms with Crippen LogP contribution in [0.25, 0.3) is 0 Å². The third-order valence-corrected chi connectivity index (χ3v) is 4.56. The molecule has 4 amide bonds. The van der Waals surface area contributed by atoms with Gasteiger partial charge >= 0.3 is 6.03 Å². The zero-order valence-corrected chi connectivity index (χ0v) is 14.3. The second-order valence-corrected chi connectivity index (χ2v) is 6.07. The zero-order chi connectivity index (χ0) is 18.0. The SMILES string of the molecule is COc1ccc(CC(=O)N2CCC(N3C(=O)CNC3=O)C2)cc1OC. The highest BCUT2D eigenvalue weighted by Crippen LogP contribution is 2.28. The molecule has 25 heavy (non-hydrogen) atoms. The number of methoxy groups -OCH3 is 2. The van der Waals surface area contributed by atoms with Crippen LogP contribution in [0.3, 0.4) is 0 Å². The summed E-state index contributed by atoms with van der Waals surface area (Å²) in [5.74, 6) is 0.913. The van der Waals surface area contributed by atoms with Crippen molar-refractivity contribution in [2.24, 2.45) is 0 Å². The van der Waals surface area contributed by atoms with Gasteiger partial charge in [0.2, 0.25) is 11.8 Å². The largest absolute Gasteiger partial charge is 0.493 e. The van der Waals surface area contributed by atoms with E-state index in [1.165, 1.54) is 4.90 Å². The van der Waals surface area contributed by atoms with Crippen molar-refractivity contribution in [2.45, 2.75) is 18.9 Å². The maximum absolute atomic E-state index is 12.5. The van der Waals surface area contributed by atoms with Crippen LogP contribution in [0.2, 0.25) is 0 Å². The predicted molar refractivity (Wildman–Crippen MR) is 88.5 cm³/mol. The van der Waals surface area contributed by atoms with Gasteiger partial charge in [-0.15, -0.1) is 0 Å². The first kappa shape index (κ1) is 17.1. The lowest BCUT2D eigenvalue weighted by molar-refractivity contribution is -0.131. The molecule has 8 nitrogen and oxygen atoms in total. The van der Waals surface area contributed by atoms with Gasteiger partial charge in [0.05, 0.1) is 33.2 Å². The van der Waals surface area contributed by atoms with Crippen LogP contribution < -0.4 is 14.8 Å². The number of nitrogens with one attached hydrogen (secondary N) is 1. The molecule has 0 radical (unpaired) electrons. The highest BCUT2D eigenvalue weighted by atomic mass is 16.5. The van der Waals surface area contributed by atoms with Gasteiger partial charge in [-0.1, -0.05) is 6.07 Å². The molecule has 2 heterocycles. The summed E-state index contributed by atoms with van der Waals surface area (Å²) in [5, 5.41) is 2.51. The third-order valence-electron chi connectivity index (χ3n) is 4.56. The summed E-state index contributed by atoms with van der Waals surface area (Å²) < 4.78 is 10.4. The van der Waals surface area contributed by atoms with Crippen molar-refractivity contribution in [3.05, 3.63) is 23.8 Å². The lowest BCUT2D eigenvalue weighted by Crippen LogP contribution is -2.43. The van der Waals surface area contributed by atoms with E-state index < -0.39 is 0 Å². The van der Waals surface area contributed by atoms with Crippen molar-refractivity contribution in [2.75, 3.05) is 33.9 Å². The van der Waals surface area contributed by atoms with E-state index in [4.69, 9.17) is 9.47 Å². The van der Waals surface area contributed by atoms with Crippen molar-refractivity contribution in [1.82, 2.24) is 15.1 Å². The van der Waals surface area contributed by atoms with E-state index in [0.717, 1.165) is 5.56 Å². The average Bonchev–Trinajstić information content (AvgIpc) is 3.21. The number of ether oxygens (including phenoxy) is 2. The van der Waals surface area contributed by atoms with Crippen molar-refractivity contribution in [1.29, 1.82) is 0 Å². The van der Waals surface area contributed by atoms with Crippen LogP contribution in [0.5, 0.6) is 11.5 Å². The van der Waals surface area contributed by atoms with Crippen LogP contribution in [0.15, 0.2) is 18.2 Å². The Morgan fingerprint density at radius 3 is 2.64 bits per heavy atom. The molecule has 0 spiro atoms. The summed E-state index contributed by atoms with van der Waals surface area (Å²) in [5.41, 5.74) is 0.820. The number of rotatable bonds is 5. The minimum absolute atomic E-state index is 0.0366. The van der Waals surface area contributed by atoms with Gasteiger partial charge in [0, 0.05) is 13.1 Å². The second-order valence-electron chi connectivity index (χ2n) is 6.07. The number of nitrogens with zero attached hydrogens (tertiary/aromatic N) is 2. The molecule has 8 heteroatoms. The van der Waals surface area contributed by atoms with Gasteiger partial charge in [-0.2, -0.15) is 0 Å². The molecule has 1 N–H and O–H groups in total. The Morgan fingerprint density at radius 2 is 2.00 bits per heavy atom. The van der Waals surface area contributed by atoms with Gasteiger partial charge < -0.3 is 19.7 Å². The quantitative estimate of drug-likeness (QED) is 0.779. The number of hydrogen-bond donors (Lipinski definition) is 1. The molecule has 2 aliphatic rings. The first-order valence-electron chi connectivity index (χ1n) is 8.12. The highest BCUT2D eigenvalue weighted by Gasteiger charge is 2.39. The van der Waals surface area contributed by atoms with E-state index >= 15 is 0 Å². The van der Waals surface area contributed by atoms with Gasteiger partial charge in [-0.3, -0.25) is 14.5 Å². The van der Waals surface area contributed by atoms with E-state index in [9.17, 15) is 14.4 Å². The molecule has 1 aromatic carbocycles. The van der Waals surface area contributed by atoms with Gasteiger partial charge in [0.15, 0.2) is 11.5 Å². The molecule has 0 aliphatic carbocycles. The number of carbonyl (C=O) groups excluding carboxylic acids is 3. The number of hydrogen-bond acceptors (Lipinski definition) is 5. The Balaban J connectivity index is 1.63. The molecular weight excluding hydrogens is 326 g/mol. The molecule has 0 saturated carbocycles. The third kappa shape index (κ3) is 3.38. The molecule has 0 aromatic heterocycles. The second kappa shape index (κ2) is 7.00. The van der Waals surface area contributed by atoms with Crippen LogP contribution in [-0.2, 0) is 16.0 Å². The average molecular weight is 347 g/mol. The van der Waals surface area contributed by atoms with Gasteiger partial charge in [0.25, 0.3) is 0 Å². The van der Waals surface area contributed by atoms with E-state index in [-0.39, 0.29) is 36.9 Å². The van der Waals surface area contributed by atoms with Crippen LogP contribution in [0.1, 0.15) is 12.0 Å². The zero-order valence-electron chi connectivity index (χ0n) is 14.3. The van der Waals surface area contributed by atoms with E-state index in [1.807, 2.05) is 6.07 Å². The number of benzene rings is 1. The molecule has 3 rings (SSSR count). The fourth-order valence-corrected chi connectivity index (χ4v) is 3.26. The fourth-order valence-electron chi connectivity index (χ4n) is 3.26. The number of amides is 4. The van der Waals surface area contributed by atoms with Crippen molar-refractivity contribution in [3.63, 3.8) is 0 Å². The molecule has 2 aliphatic heterocycles. The summed E-state index contributed by atoms with van der Waals surface area (Å²) in [6.45, 7) is 0.952. The van der Waals surface area contributed by atoms with Crippen LogP contribution >= 0.6 is 0 Å². The minimum atomic E-state index is -0.371. The predicted octanol–water partition coefficient (Wildman–Crippen LogP) is 0.399. The smallest absolute Gasteiger partial charge is 0.324 e. The molecular formula is C17H21N3O5. The Morgan fingerprint density at radius 1 is 1.24 bits per heavy atom. The molecule has 2 fully saturated rings. The molecule has 0 bridgehead atoms. The lowest BCUT2D eigenvalue weighted by Gasteiger charge is -2.21. The molecule has 1 unspecified atom stereocenters. The molecule has 134 valence electrons. The summed E-state index contributed by atoms with van der Waals surface area (Å²) in [6, 6.07) is 4.75. The normalized spacial score (nSPS) is 20.0. The van der Waals surface area contributed by atoms with Crippen LogP contribution in [0, 0.1) is 0 Å². The van der Waals surface area contributed by atoms with E-state index in [1.54, 1.807) is 31.3 Å². The first-order chi connectivity index (χ1) is 12.0. The van der Waals surface area contributed by atoms with E-state index in [0.29, 0.717) is 31.0 Å². The molecule has 2 saturated heterocycles. The topological polar surface area (TPSA) is 88.2 Å². The highest BCUT2D eigenvalue weighted by molar-refractivity contribution is 6.02. The Kier molecular flexibility index (Phi) is 4.78. The lowest BCUT2D eigenvalue weighted by atomic mass is 10.1. The van der Waals surface area contributed by atoms with Crippen molar-refractivity contribution < 1.29 is 23.9 Å². The number of carbonyl (C=O) groups is 3. The van der Waals surface area contributed by atoms with Crippen molar-refractivity contribution in [3.8, 4) is 11.5 Å². The first-order valence-corrected chi connectivity index (χ1v) is 8.12. The number of urea groups is 1. The Bertz CT molecular complexity index is 690. The Labute approximate surface area is 145 Å². The summed E-state index contributed by atoms with van der Waals surface area (Å²) in [4.78, 5) is 39.0. The number of imide groups is 1. The Hall–Kier alpha value is -2.77. The summed E-state index contributed by atoms with van der Waals surface area (Å²) >= 11 is 0. The standard InChI is InChI=1S/C17H21N3O5/c1-24-13-4-3-11(7-14(13)25-2)8-15(21)19-6-5-12(10-19)20-16(22)9-18-17(20)23/h3-4,7,12H,5-6,8-10H2,1-2H3,(H,18,23).